The van der Waals surface area contributed by atoms with Crippen molar-refractivity contribution in [2.45, 2.75) is 0 Å². The Bertz CT molecular complexity index is 3170. The second-order valence-electron chi connectivity index (χ2n) is 14.0. The second kappa shape index (κ2) is 11.4. The first-order valence-corrected chi connectivity index (χ1v) is 18.1. The van der Waals surface area contributed by atoms with Crippen molar-refractivity contribution in [3.8, 4) is 44.5 Å². The topological polar surface area (TPSA) is 0 Å². The Morgan fingerprint density at radius 2 is 0.654 bits per heavy atom. The number of rotatable bonds is 4. The summed E-state index contributed by atoms with van der Waals surface area (Å²) >= 11 is 0. The quantitative estimate of drug-likeness (QED) is 0.165. The van der Waals surface area contributed by atoms with Gasteiger partial charge in [0.15, 0.2) is 0 Å². The number of hydrogen-bond acceptors (Lipinski definition) is 0. The molecule has 0 saturated carbocycles. The smallest absolute Gasteiger partial charge is 0.00141 e. The van der Waals surface area contributed by atoms with Gasteiger partial charge in [0.2, 0.25) is 0 Å². The SMILES string of the molecule is c1ccc(-c2cc(-c3cccc4ccccc34)c3ccc4ccc(-c5cccc6ccccc56)c5ccc2c3c45)c(-c2ccc3ccccc3c2)c1. The predicted molar refractivity (Wildman–Crippen MR) is 224 cm³/mol. The summed E-state index contributed by atoms with van der Waals surface area (Å²) in [5, 5.41) is 15.3. The van der Waals surface area contributed by atoms with Crippen LogP contribution in [0.15, 0.2) is 194 Å². The van der Waals surface area contributed by atoms with Crippen LogP contribution >= 0.6 is 0 Å². The van der Waals surface area contributed by atoms with Crippen LogP contribution in [-0.4, -0.2) is 0 Å². The predicted octanol–water partition coefficient (Wildman–Crippen LogP) is 14.7. The summed E-state index contributed by atoms with van der Waals surface area (Å²) in [6.45, 7) is 0. The lowest BCUT2D eigenvalue weighted by atomic mass is 9.82. The summed E-state index contributed by atoms with van der Waals surface area (Å²) in [7, 11) is 0. The molecule has 0 aliphatic heterocycles. The van der Waals surface area contributed by atoms with Crippen LogP contribution in [-0.2, 0) is 0 Å². The molecule has 0 nitrogen and oxygen atoms in total. The van der Waals surface area contributed by atoms with Crippen LogP contribution in [0.2, 0.25) is 0 Å². The molecule has 0 aromatic heterocycles. The zero-order valence-electron chi connectivity index (χ0n) is 28.5. The van der Waals surface area contributed by atoms with E-state index in [1.165, 1.54) is 109 Å². The standard InChI is InChI=1S/C52H32/c1-2-14-37-31-38(24-23-33(37)11-1)41-19-7-8-20-43(41)49-32-50(44-22-10-16-35-13-4-6-18-40(35)44)47-28-26-36-25-27-45(46-29-30-48(49)52(47)51(36)46)42-21-9-15-34-12-3-5-17-39(34)42/h1-32H. The van der Waals surface area contributed by atoms with E-state index in [0.717, 1.165) is 0 Å². The van der Waals surface area contributed by atoms with Crippen molar-refractivity contribution < 1.29 is 0 Å². The van der Waals surface area contributed by atoms with Gasteiger partial charge in [0.05, 0.1) is 0 Å². The van der Waals surface area contributed by atoms with E-state index in [4.69, 9.17) is 0 Å². The molecular weight excluding hydrogens is 625 g/mol. The average Bonchev–Trinajstić information content (AvgIpc) is 3.22. The molecule has 0 heteroatoms. The van der Waals surface area contributed by atoms with Gasteiger partial charge < -0.3 is 0 Å². The molecule has 0 saturated heterocycles. The molecule has 52 heavy (non-hydrogen) atoms. The molecule has 0 aliphatic carbocycles. The van der Waals surface area contributed by atoms with Gasteiger partial charge in [0.25, 0.3) is 0 Å². The molecule has 0 bridgehead atoms. The summed E-state index contributed by atoms with van der Waals surface area (Å²) in [6.07, 6.45) is 0. The third-order valence-electron chi connectivity index (χ3n) is 11.2. The van der Waals surface area contributed by atoms with Gasteiger partial charge in [0, 0.05) is 0 Å². The largest absolute Gasteiger partial charge is 0.0616 e. The fraction of sp³-hybridized carbons (Fsp3) is 0. The van der Waals surface area contributed by atoms with Crippen molar-refractivity contribution in [2.24, 2.45) is 0 Å². The highest BCUT2D eigenvalue weighted by Crippen LogP contribution is 2.48. The number of fused-ring (bicyclic) bond motifs is 3. The van der Waals surface area contributed by atoms with Gasteiger partial charge >= 0.3 is 0 Å². The highest BCUT2D eigenvalue weighted by molar-refractivity contribution is 6.31. The summed E-state index contributed by atoms with van der Waals surface area (Å²) in [6, 6.07) is 72.0. The molecule has 0 N–H and O–H groups in total. The molecule has 0 radical (unpaired) electrons. The van der Waals surface area contributed by atoms with Crippen molar-refractivity contribution >= 4 is 64.6 Å². The molecule has 11 aromatic rings. The molecule has 11 rings (SSSR count). The highest BCUT2D eigenvalue weighted by atomic mass is 14.2. The minimum absolute atomic E-state index is 1.23. The summed E-state index contributed by atoms with van der Waals surface area (Å²) in [5.41, 5.74) is 10.0. The average molecular weight is 657 g/mol. The van der Waals surface area contributed by atoms with E-state index in [1.807, 2.05) is 0 Å². The molecule has 0 spiro atoms. The molecule has 11 aromatic carbocycles. The van der Waals surface area contributed by atoms with E-state index in [9.17, 15) is 0 Å². The Labute approximate surface area is 302 Å². The molecule has 240 valence electrons. The number of benzene rings is 11. The van der Waals surface area contributed by atoms with E-state index in [0.29, 0.717) is 0 Å². The van der Waals surface area contributed by atoms with Crippen LogP contribution in [0.25, 0.3) is 109 Å². The van der Waals surface area contributed by atoms with E-state index < -0.39 is 0 Å². The first kappa shape index (κ1) is 29.0. The van der Waals surface area contributed by atoms with Gasteiger partial charge in [-0.1, -0.05) is 182 Å². The van der Waals surface area contributed by atoms with Crippen LogP contribution in [0, 0.1) is 0 Å². The van der Waals surface area contributed by atoms with E-state index in [1.54, 1.807) is 0 Å². The molecular formula is C52H32. The zero-order chi connectivity index (χ0) is 34.2. The second-order valence-corrected chi connectivity index (χ2v) is 14.0. The van der Waals surface area contributed by atoms with Gasteiger partial charge in [0.1, 0.15) is 0 Å². The lowest BCUT2D eigenvalue weighted by Crippen LogP contribution is -1.94. The maximum Gasteiger partial charge on any atom is -0.00141 e. The Morgan fingerprint density at radius 1 is 0.192 bits per heavy atom. The Hall–Kier alpha value is -6.76. The highest BCUT2D eigenvalue weighted by Gasteiger charge is 2.21. The minimum atomic E-state index is 1.23. The van der Waals surface area contributed by atoms with Crippen molar-refractivity contribution in [1.82, 2.24) is 0 Å². The van der Waals surface area contributed by atoms with Crippen LogP contribution < -0.4 is 0 Å². The normalized spacial score (nSPS) is 11.8. The maximum absolute atomic E-state index is 2.47. The van der Waals surface area contributed by atoms with Gasteiger partial charge in [-0.25, -0.2) is 0 Å². The van der Waals surface area contributed by atoms with Gasteiger partial charge in [-0.2, -0.15) is 0 Å². The minimum Gasteiger partial charge on any atom is -0.0616 e. The Morgan fingerprint density at radius 3 is 1.38 bits per heavy atom. The van der Waals surface area contributed by atoms with Gasteiger partial charge in [-0.05, 0) is 121 Å². The lowest BCUT2D eigenvalue weighted by Gasteiger charge is -2.21. The molecule has 0 fully saturated rings. The first-order chi connectivity index (χ1) is 25.8. The van der Waals surface area contributed by atoms with Crippen LogP contribution in [0.4, 0.5) is 0 Å². The van der Waals surface area contributed by atoms with Crippen molar-refractivity contribution in [3.05, 3.63) is 194 Å². The molecule has 0 heterocycles. The third kappa shape index (κ3) is 4.35. The monoisotopic (exact) mass is 656 g/mol. The van der Waals surface area contributed by atoms with Gasteiger partial charge in [-0.15, -0.1) is 0 Å². The van der Waals surface area contributed by atoms with Crippen molar-refractivity contribution in [1.29, 1.82) is 0 Å². The van der Waals surface area contributed by atoms with E-state index in [-0.39, 0.29) is 0 Å². The van der Waals surface area contributed by atoms with Crippen molar-refractivity contribution in [2.75, 3.05) is 0 Å². The molecule has 0 unspecified atom stereocenters. The summed E-state index contributed by atoms with van der Waals surface area (Å²) in [5.74, 6) is 0. The lowest BCUT2D eigenvalue weighted by molar-refractivity contribution is 1.61. The first-order valence-electron chi connectivity index (χ1n) is 18.1. The summed E-state index contributed by atoms with van der Waals surface area (Å²) in [4.78, 5) is 0. The van der Waals surface area contributed by atoms with Crippen LogP contribution in [0.5, 0.6) is 0 Å². The fourth-order valence-corrected chi connectivity index (χ4v) is 8.82. The fourth-order valence-electron chi connectivity index (χ4n) is 8.82. The molecule has 0 amide bonds. The Balaban J connectivity index is 1.27. The maximum atomic E-state index is 2.47. The van der Waals surface area contributed by atoms with Crippen molar-refractivity contribution in [3.63, 3.8) is 0 Å². The van der Waals surface area contributed by atoms with E-state index in [2.05, 4.69) is 194 Å². The Kier molecular flexibility index (Phi) is 6.35. The molecule has 0 aliphatic rings. The van der Waals surface area contributed by atoms with Gasteiger partial charge in [-0.3, -0.25) is 0 Å². The van der Waals surface area contributed by atoms with Crippen LogP contribution in [0.3, 0.4) is 0 Å². The van der Waals surface area contributed by atoms with E-state index >= 15 is 0 Å². The third-order valence-corrected chi connectivity index (χ3v) is 11.2. The number of hydrogen-bond donors (Lipinski definition) is 0. The summed E-state index contributed by atoms with van der Waals surface area (Å²) < 4.78 is 0. The zero-order valence-corrected chi connectivity index (χ0v) is 28.5. The molecule has 0 atom stereocenters. The van der Waals surface area contributed by atoms with Crippen LogP contribution in [0.1, 0.15) is 0 Å².